The number of terminal acetylenes is 1. The van der Waals surface area contributed by atoms with Gasteiger partial charge in [0.15, 0.2) is 0 Å². The molecule has 6 nitrogen and oxygen atoms in total. The van der Waals surface area contributed by atoms with Gasteiger partial charge in [-0.15, -0.1) is 6.42 Å². The number of ether oxygens (including phenoxy) is 1. The molecular formula is C17H18N4O2. The van der Waals surface area contributed by atoms with E-state index in [1.54, 1.807) is 17.8 Å². The van der Waals surface area contributed by atoms with Gasteiger partial charge in [-0.2, -0.15) is 5.10 Å². The van der Waals surface area contributed by atoms with Gasteiger partial charge in [0, 0.05) is 29.4 Å². The van der Waals surface area contributed by atoms with Crippen LogP contribution in [0.3, 0.4) is 0 Å². The average molecular weight is 310 g/mol. The molecule has 2 N–H and O–H groups in total. The van der Waals surface area contributed by atoms with E-state index in [2.05, 4.69) is 16.0 Å². The van der Waals surface area contributed by atoms with Gasteiger partial charge in [-0.05, 0) is 25.8 Å². The van der Waals surface area contributed by atoms with E-state index in [9.17, 15) is 4.79 Å². The Morgan fingerprint density at radius 3 is 3.04 bits per heavy atom. The molecule has 0 unspecified atom stereocenters. The van der Waals surface area contributed by atoms with Crippen molar-refractivity contribution in [2.45, 2.75) is 26.3 Å². The van der Waals surface area contributed by atoms with Gasteiger partial charge in [-0.1, -0.05) is 5.92 Å². The average Bonchev–Trinajstić information content (AvgIpc) is 2.93. The Kier molecular flexibility index (Phi) is 4.13. The number of rotatable bonds is 4. The third kappa shape index (κ3) is 2.60. The van der Waals surface area contributed by atoms with Gasteiger partial charge in [0.2, 0.25) is 0 Å². The minimum atomic E-state index is -0.362. The van der Waals surface area contributed by atoms with Crippen LogP contribution >= 0.6 is 0 Å². The first kappa shape index (κ1) is 15.3. The van der Waals surface area contributed by atoms with Gasteiger partial charge in [0.05, 0.1) is 24.5 Å². The van der Waals surface area contributed by atoms with Crippen molar-refractivity contribution in [3.8, 4) is 23.6 Å². The highest BCUT2D eigenvalue weighted by molar-refractivity contribution is 5.92. The predicted octanol–water partition coefficient (Wildman–Crippen LogP) is 1.16. The Morgan fingerprint density at radius 2 is 2.35 bits per heavy atom. The highest BCUT2D eigenvalue weighted by Crippen LogP contribution is 2.34. The van der Waals surface area contributed by atoms with Crippen molar-refractivity contribution in [1.82, 2.24) is 14.8 Å². The molecule has 1 aliphatic rings. The lowest BCUT2D eigenvalue weighted by Gasteiger charge is -2.15. The predicted molar refractivity (Wildman–Crippen MR) is 85.8 cm³/mol. The van der Waals surface area contributed by atoms with Crippen LogP contribution < -0.4 is 5.73 Å². The first-order valence-electron chi connectivity index (χ1n) is 7.62. The van der Waals surface area contributed by atoms with Crippen LogP contribution in [0.15, 0.2) is 12.3 Å². The molecule has 2 heterocycles. The number of carbonyl (C=O) groups is 1. The molecule has 0 saturated carbocycles. The zero-order chi connectivity index (χ0) is 16.4. The molecule has 0 amide bonds. The van der Waals surface area contributed by atoms with E-state index in [0.29, 0.717) is 37.4 Å². The molecule has 0 saturated heterocycles. The highest BCUT2D eigenvalue weighted by atomic mass is 16.5. The second-order valence-electron chi connectivity index (χ2n) is 5.27. The van der Waals surface area contributed by atoms with Crippen LogP contribution in [-0.2, 0) is 24.1 Å². The number of aryl methyl sites for hydroxylation is 1. The summed E-state index contributed by atoms with van der Waals surface area (Å²) in [6.07, 6.45) is 8.60. The number of carbonyl (C=O) groups excluding carboxylic acids is 1. The molecule has 2 aromatic heterocycles. The maximum Gasteiger partial charge on any atom is 0.356 e. The van der Waals surface area contributed by atoms with Gasteiger partial charge in [-0.25, -0.2) is 4.79 Å². The number of fused-ring (bicyclic) bond motifs is 3. The Hall–Kier alpha value is -2.65. The van der Waals surface area contributed by atoms with Crippen molar-refractivity contribution in [1.29, 1.82) is 0 Å². The van der Waals surface area contributed by atoms with Crippen LogP contribution in [-0.4, -0.2) is 33.9 Å². The van der Waals surface area contributed by atoms with E-state index in [-0.39, 0.29) is 5.97 Å². The molecule has 118 valence electrons. The molecule has 0 fully saturated rings. The van der Waals surface area contributed by atoms with Gasteiger partial charge in [0.1, 0.15) is 5.69 Å². The zero-order valence-corrected chi connectivity index (χ0v) is 13.0. The lowest BCUT2D eigenvalue weighted by atomic mass is 9.91. The van der Waals surface area contributed by atoms with Crippen LogP contribution in [0.1, 0.15) is 34.2 Å². The van der Waals surface area contributed by atoms with E-state index in [1.165, 1.54) is 0 Å². The summed E-state index contributed by atoms with van der Waals surface area (Å²) in [7, 11) is 0. The van der Waals surface area contributed by atoms with Crippen LogP contribution in [0, 0.1) is 12.3 Å². The monoisotopic (exact) mass is 310 g/mol. The van der Waals surface area contributed by atoms with E-state index >= 15 is 0 Å². The Labute approximate surface area is 134 Å². The summed E-state index contributed by atoms with van der Waals surface area (Å²) in [5.74, 6) is 2.23. The van der Waals surface area contributed by atoms with Gasteiger partial charge in [-0.3, -0.25) is 9.67 Å². The fourth-order valence-corrected chi connectivity index (χ4v) is 2.88. The molecule has 0 atom stereocenters. The normalized spacial score (nSPS) is 12.2. The van der Waals surface area contributed by atoms with Crippen LogP contribution in [0.5, 0.6) is 0 Å². The smallest absolute Gasteiger partial charge is 0.356 e. The highest BCUT2D eigenvalue weighted by Gasteiger charge is 2.29. The second kappa shape index (κ2) is 6.23. The van der Waals surface area contributed by atoms with E-state index in [1.807, 2.05) is 6.07 Å². The molecule has 2 aromatic rings. The minimum absolute atomic E-state index is 0.320. The van der Waals surface area contributed by atoms with Gasteiger partial charge < -0.3 is 10.5 Å². The van der Waals surface area contributed by atoms with Crippen LogP contribution in [0.4, 0.5) is 0 Å². The lowest BCUT2D eigenvalue weighted by molar-refractivity contribution is 0.0510. The molecule has 1 aliphatic carbocycles. The van der Waals surface area contributed by atoms with Crippen molar-refractivity contribution in [2.75, 3.05) is 13.2 Å². The molecule has 0 aromatic carbocycles. The number of hydrogen-bond acceptors (Lipinski definition) is 5. The first-order valence-corrected chi connectivity index (χ1v) is 7.62. The van der Waals surface area contributed by atoms with Gasteiger partial charge in [0.25, 0.3) is 0 Å². The number of nitrogens with two attached hydrogens (primary N) is 1. The van der Waals surface area contributed by atoms with Crippen LogP contribution in [0.2, 0.25) is 0 Å². The summed E-state index contributed by atoms with van der Waals surface area (Å²) >= 11 is 0. The topological polar surface area (TPSA) is 83.0 Å². The van der Waals surface area contributed by atoms with Crippen molar-refractivity contribution in [3.05, 3.63) is 34.8 Å². The fourth-order valence-electron chi connectivity index (χ4n) is 2.88. The summed E-state index contributed by atoms with van der Waals surface area (Å²) in [4.78, 5) is 16.8. The third-order valence-corrected chi connectivity index (χ3v) is 3.86. The quantitative estimate of drug-likeness (QED) is 0.677. The molecule has 0 radical (unpaired) electrons. The summed E-state index contributed by atoms with van der Waals surface area (Å²) in [5.41, 5.74) is 10.3. The molecule has 0 bridgehead atoms. The van der Waals surface area contributed by atoms with E-state index < -0.39 is 0 Å². The number of esters is 1. The third-order valence-electron chi connectivity index (χ3n) is 3.86. The Morgan fingerprint density at radius 1 is 1.52 bits per heavy atom. The Bertz CT molecular complexity index is 802. The lowest BCUT2D eigenvalue weighted by Crippen LogP contribution is -2.19. The van der Waals surface area contributed by atoms with Crippen LogP contribution in [0.25, 0.3) is 11.3 Å². The largest absolute Gasteiger partial charge is 0.461 e. The summed E-state index contributed by atoms with van der Waals surface area (Å²) < 4.78 is 6.82. The van der Waals surface area contributed by atoms with Crippen molar-refractivity contribution < 1.29 is 9.53 Å². The zero-order valence-electron chi connectivity index (χ0n) is 13.0. The number of hydrogen-bond donors (Lipinski definition) is 1. The second-order valence-corrected chi connectivity index (χ2v) is 5.27. The van der Waals surface area contributed by atoms with E-state index in [0.717, 1.165) is 28.9 Å². The molecule has 0 spiro atoms. The first-order chi connectivity index (χ1) is 11.2. The fraction of sp³-hybridized carbons (Fsp3) is 0.353. The Balaban J connectivity index is 2.17. The molecule has 3 rings (SSSR count). The number of pyridine rings is 1. The van der Waals surface area contributed by atoms with E-state index in [4.69, 9.17) is 16.9 Å². The SMILES string of the molecule is C#Cc1cnc2c(c1)-c1nn(CCN)c(C(=O)OCC)c1CC2. The molecule has 23 heavy (non-hydrogen) atoms. The summed E-state index contributed by atoms with van der Waals surface area (Å²) in [5, 5.41) is 4.59. The molecule has 6 heteroatoms. The maximum absolute atomic E-state index is 12.3. The van der Waals surface area contributed by atoms with Gasteiger partial charge >= 0.3 is 5.97 Å². The maximum atomic E-state index is 12.3. The standard InChI is InChI=1S/C17H18N4O2/c1-3-11-9-13-14(19-10-11)6-5-12-15(13)20-21(8-7-18)16(12)17(22)23-4-2/h1,9-10H,4-8,18H2,2H3. The minimum Gasteiger partial charge on any atom is -0.461 e. The number of aromatic nitrogens is 3. The van der Waals surface area contributed by atoms with Crippen molar-refractivity contribution >= 4 is 5.97 Å². The molecular weight excluding hydrogens is 292 g/mol. The summed E-state index contributed by atoms with van der Waals surface area (Å²) in [6.45, 7) is 2.95. The molecule has 0 aliphatic heterocycles. The van der Waals surface area contributed by atoms with Crippen molar-refractivity contribution in [3.63, 3.8) is 0 Å². The summed E-state index contributed by atoms with van der Waals surface area (Å²) in [6, 6.07) is 1.90. The van der Waals surface area contributed by atoms with Crippen molar-refractivity contribution in [2.24, 2.45) is 5.73 Å². The number of nitrogens with zero attached hydrogens (tertiary/aromatic N) is 3.